The van der Waals surface area contributed by atoms with E-state index in [2.05, 4.69) is 20.0 Å². The van der Waals surface area contributed by atoms with Crippen LogP contribution in [-0.4, -0.2) is 39.4 Å². The third-order valence-electron chi connectivity index (χ3n) is 4.23. The zero-order valence-corrected chi connectivity index (χ0v) is 11.5. The van der Waals surface area contributed by atoms with Gasteiger partial charge in [0.05, 0.1) is 0 Å². The lowest BCUT2D eigenvalue weighted by Crippen LogP contribution is -2.64. The largest absolute Gasteiger partial charge is 0.343 e. The van der Waals surface area contributed by atoms with Crippen LogP contribution >= 0.6 is 0 Å². The monoisotopic (exact) mass is 292 g/mol. The summed E-state index contributed by atoms with van der Waals surface area (Å²) in [5.74, 6) is -0.419. The molecule has 2 heterocycles. The standard InChI is InChI=1S/C13H16N4O4/c18-10-13(5-2-1-3-6-13)11(19)17(12(20)15-10)7-4-9-14-8-21-16-9/h8H,1-7H2,(H,15,18,20). The zero-order valence-electron chi connectivity index (χ0n) is 11.5. The average Bonchev–Trinajstić information content (AvgIpc) is 3.00. The van der Waals surface area contributed by atoms with E-state index in [0.717, 1.165) is 24.2 Å². The van der Waals surface area contributed by atoms with Crippen LogP contribution in [-0.2, 0) is 16.0 Å². The van der Waals surface area contributed by atoms with Crippen molar-refractivity contribution >= 4 is 17.8 Å². The van der Waals surface area contributed by atoms with Gasteiger partial charge in [-0.2, -0.15) is 4.98 Å². The first kappa shape index (κ1) is 13.7. The van der Waals surface area contributed by atoms with Gasteiger partial charge in [0, 0.05) is 13.0 Å². The maximum atomic E-state index is 12.7. The minimum atomic E-state index is -1.07. The molecule has 21 heavy (non-hydrogen) atoms. The number of carbonyl (C=O) groups is 3. The molecule has 112 valence electrons. The number of hydrogen-bond acceptors (Lipinski definition) is 6. The van der Waals surface area contributed by atoms with Crippen LogP contribution in [0.3, 0.4) is 0 Å². The van der Waals surface area contributed by atoms with Crippen molar-refractivity contribution in [2.45, 2.75) is 38.5 Å². The topological polar surface area (TPSA) is 105 Å². The maximum absolute atomic E-state index is 12.7. The summed E-state index contributed by atoms with van der Waals surface area (Å²) in [4.78, 5) is 41.7. The van der Waals surface area contributed by atoms with Crippen molar-refractivity contribution in [3.8, 4) is 0 Å². The fraction of sp³-hybridized carbons (Fsp3) is 0.615. The molecule has 8 heteroatoms. The van der Waals surface area contributed by atoms with E-state index < -0.39 is 17.4 Å². The molecule has 0 bridgehead atoms. The SMILES string of the molecule is O=C1NC(=O)C2(CCCCC2)C(=O)N1CCc1ncon1. The average molecular weight is 292 g/mol. The highest BCUT2D eigenvalue weighted by Gasteiger charge is 2.53. The first-order chi connectivity index (χ1) is 10.1. The molecule has 0 unspecified atom stereocenters. The molecule has 1 aliphatic heterocycles. The molecule has 1 spiro atoms. The van der Waals surface area contributed by atoms with E-state index >= 15 is 0 Å². The Morgan fingerprint density at radius 3 is 2.67 bits per heavy atom. The summed E-state index contributed by atoms with van der Waals surface area (Å²) in [7, 11) is 0. The summed E-state index contributed by atoms with van der Waals surface area (Å²) in [6.45, 7) is 0.138. The molecule has 1 aliphatic carbocycles. The highest BCUT2D eigenvalue weighted by Crippen LogP contribution is 2.40. The predicted octanol–water partition coefficient (Wildman–Crippen LogP) is 0.641. The maximum Gasteiger partial charge on any atom is 0.330 e. The Balaban J connectivity index is 1.77. The Morgan fingerprint density at radius 1 is 1.24 bits per heavy atom. The summed E-state index contributed by atoms with van der Waals surface area (Å²) < 4.78 is 4.62. The predicted molar refractivity (Wildman–Crippen MR) is 68.8 cm³/mol. The zero-order chi connectivity index (χ0) is 14.9. The van der Waals surface area contributed by atoms with Gasteiger partial charge in [-0.3, -0.25) is 19.8 Å². The number of barbiturate groups is 1. The van der Waals surface area contributed by atoms with Gasteiger partial charge in [0.2, 0.25) is 18.2 Å². The summed E-state index contributed by atoms with van der Waals surface area (Å²) in [6, 6.07) is -0.662. The van der Waals surface area contributed by atoms with Gasteiger partial charge in [0.25, 0.3) is 0 Å². The van der Waals surface area contributed by atoms with Gasteiger partial charge >= 0.3 is 6.03 Å². The van der Waals surface area contributed by atoms with Crippen LogP contribution in [0, 0.1) is 5.41 Å². The Bertz CT molecular complexity index is 563. The van der Waals surface area contributed by atoms with Crippen molar-refractivity contribution in [3.05, 3.63) is 12.2 Å². The number of carbonyl (C=O) groups excluding carboxylic acids is 3. The summed E-state index contributed by atoms with van der Waals surface area (Å²) in [5, 5.41) is 5.96. The van der Waals surface area contributed by atoms with E-state index in [-0.39, 0.29) is 12.5 Å². The first-order valence-electron chi connectivity index (χ1n) is 7.06. The van der Waals surface area contributed by atoms with Crippen LogP contribution < -0.4 is 5.32 Å². The highest BCUT2D eigenvalue weighted by atomic mass is 16.5. The molecule has 3 rings (SSSR count). The van der Waals surface area contributed by atoms with Gasteiger partial charge in [-0.05, 0) is 12.8 Å². The molecule has 2 fully saturated rings. The summed E-state index contributed by atoms with van der Waals surface area (Å²) >= 11 is 0. The van der Waals surface area contributed by atoms with E-state index in [4.69, 9.17) is 0 Å². The van der Waals surface area contributed by atoms with Gasteiger partial charge in [-0.1, -0.05) is 24.4 Å². The minimum Gasteiger partial charge on any atom is -0.343 e. The molecule has 4 amide bonds. The van der Waals surface area contributed by atoms with Crippen molar-refractivity contribution < 1.29 is 18.9 Å². The van der Waals surface area contributed by atoms with E-state index in [1.54, 1.807) is 0 Å². The van der Waals surface area contributed by atoms with Crippen LogP contribution in [0.1, 0.15) is 37.9 Å². The number of hydrogen-bond donors (Lipinski definition) is 1. The van der Waals surface area contributed by atoms with Gasteiger partial charge in [-0.25, -0.2) is 4.79 Å². The number of nitrogens with zero attached hydrogens (tertiary/aromatic N) is 3. The van der Waals surface area contributed by atoms with Crippen molar-refractivity contribution in [2.24, 2.45) is 5.41 Å². The molecule has 0 radical (unpaired) electrons. The van der Waals surface area contributed by atoms with Crippen LogP contribution in [0.15, 0.2) is 10.9 Å². The molecule has 2 aliphatic rings. The van der Waals surface area contributed by atoms with Gasteiger partial charge in [-0.15, -0.1) is 0 Å². The fourth-order valence-corrected chi connectivity index (χ4v) is 3.05. The number of imide groups is 2. The molecule has 1 saturated carbocycles. The van der Waals surface area contributed by atoms with Crippen LogP contribution in [0.5, 0.6) is 0 Å². The second-order valence-electron chi connectivity index (χ2n) is 5.46. The lowest BCUT2D eigenvalue weighted by atomic mass is 9.71. The van der Waals surface area contributed by atoms with Gasteiger partial charge in [0.1, 0.15) is 5.41 Å². The third kappa shape index (κ3) is 2.30. The smallest absolute Gasteiger partial charge is 0.330 e. The highest BCUT2D eigenvalue weighted by molar-refractivity contribution is 6.19. The lowest BCUT2D eigenvalue weighted by Gasteiger charge is -2.41. The molecule has 1 N–H and O–H groups in total. The molecular formula is C13H16N4O4. The van der Waals surface area contributed by atoms with Crippen LogP contribution in [0.25, 0.3) is 0 Å². The Labute approximate surface area is 120 Å². The lowest BCUT2D eigenvalue weighted by molar-refractivity contribution is -0.153. The normalized spacial score (nSPS) is 21.7. The number of amides is 4. The number of nitrogens with one attached hydrogen (secondary N) is 1. The summed E-state index contributed by atoms with van der Waals surface area (Å²) in [5.41, 5.74) is -1.07. The summed E-state index contributed by atoms with van der Waals surface area (Å²) in [6.07, 6.45) is 5.17. The fourth-order valence-electron chi connectivity index (χ4n) is 3.05. The Hall–Kier alpha value is -2.25. The van der Waals surface area contributed by atoms with Crippen molar-refractivity contribution in [1.82, 2.24) is 20.4 Å². The molecule has 8 nitrogen and oxygen atoms in total. The minimum absolute atomic E-state index is 0.138. The van der Waals surface area contributed by atoms with Gasteiger partial charge in [0.15, 0.2) is 5.82 Å². The van der Waals surface area contributed by atoms with E-state index in [0.29, 0.717) is 25.1 Å². The second kappa shape index (κ2) is 5.27. The molecule has 0 aromatic carbocycles. The third-order valence-corrected chi connectivity index (χ3v) is 4.23. The van der Waals surface area contributed by atoms with E-state index in [1.807, 2.05) is 0 Å². The quantitative estimate of drug-likeness (QED) is 0.820. The van der Waals surface area contributed by atoms with Crippen molar-refractivity contribution in [3.63, 3.8) is 0 Å². The van der Waals surface area contributed by atoms with Gasteiger partial charge < -0.3 is 4.52 Å². The Morgan fingerprint density at radius 2 is 2.00 bits per heavy atom. The Kier molecular flexibility index (Phi) is 3.44. The molecule has 1 aromatic heterocycles. The van der Waals surface area contributed by atoms with Crippen molar-refractivity contribution in [1.29, 1.82) is 0 Å². The first-order valence-corrected chi connectivity index (χ1v) is 7.06. The molecular weight excluding hydrogens is 276 g/mol. The number of urea groups is 1. The molecule has 0 atom stereocenters. The molecule has 1 aromatic rings. The van der Waals surface area contributed by atoms with Crippen LogP contribution in [0.4, 0.5) is 4.79 Å². The van der Waals surface area contributed by atoms with E-state index in [1.165, 1.54) is 6.39 Å². The number of aromatic nitrogens is 2. The van der Waals surface area contributed by atoms with Crippen LogP contribution in [0.2, 0.25) is 0 Å². The second-order valence-corrected chi connectivity index (χ2v) is 5.46. The number of rotatable bonds is 3. The van der Waals surface area contributed by atoms with E-state index in [9.17, 15) is 14.4 Å². The molecule has 1 saturated heterocycles. The van der Waals surface area contributed by atoms with Crippen molar-refractivity contribution in [2.75, 3.05) is 6.54 Å².